The number of benzene rings is 1. The predicted octanol–water partition coefficient (Wildman–Crippen LogP) is 5.32. The number of carbonyl (C=O) groups is 3. The molecule has 8 heteroatoms. The van der Waals surface area contributed by atoms with Gasteiger partial charge >= 0.3 is 5.97 Å². The molecule has 0 radical (unpaired) electrons. The van der Waals surface area contributed by atoms with E-state index in [0.717, 1.165) is 0 Å². The Kier molecular flexibility index (Phi) is 6.17. The van der Waals surface area contributed by atoms with Gasteiger partial charge in [-0.2, -0.15) is 0 Å². The van der Waals surface area contributed by atoms with Gasteiger partial charge in [-0.1, -0.05) is 27.7 Å². The van der Waals surface area contributed by atoms with Crippen molar-refractivity contribution in [3.8, 4) is 11.5 Å². The van der Waals surface area contributed by atoms with Gasteiger partial charge in [-0.05, 0) is 44.5 Å². The van der Waals surface area contributed by atoms with Crippen LogP contribution in [0.2, 0.25) is 0 Å². The van der Waals surface area contributed by atoms with Crippen LogP contribution in [-0.4, -0.2) is 36.4 Å². The Morgan fingerprint density at radius 2 is 1.56 bits per heavy atom. The van der Waals surface area contributed by atoms with Crippen molar-refractivity contribution in [2.24, 2.45) is 10.8 Å². The van der Waals surface area contributed by atoms with Crippen LogP contribution in [0.15, 0.2) is 39.3 Å². The van der Waals surface area contributed by atoms with Gasteiger partial charge in [0.25, 0.3) is 0 Å². The average molecular weight is 533 g/mol. The minimum Gasteiger partial charge on any atom is -0.493 e. The molecule has 4 rings (SSSR count). The molecule has 0 aromatic heterocycles. The molecule has 3 aliphatic rings. The van der Waals surface area contributed by atoms with Gasteiger partial charge in [0.15, 0.2) is 29.7 Å². The van der Waals surface area contributed by atoms with Crippen LogP contribution < -0.4 is 9.47 Å². The molecule has 182 valence electrons. The van der Waals surface area contributed by atoms with E-state index in [1.54, 1.807) is 12.1 Å². The molecule has 1 aromatic rings. The number of Topliss-reactive ketones (excluding diaryl/α,β-unsaturated/α-hetero) is 2. The summed E-state index contributed by atoms with van der Waals surface area (Å²) in [4.78, 5) is 37.8. The second-order valence-corrected chi connectivity index (χ2v) is 11.7. The molecule has 2 aliphatic carbocycles. The molecule has 1 heterocycles. The number of ether oxygens (including phenoxy) is 3. The van der Waals surface area contributed by atoms with Crippen LogP contribution in [0, 0.1) is 10.8 Å². The third-order valence-electron chi connectivity index (χ3n) is 6.51. The molecule has 7 nitrogen and oxygen atoms in total. The van der Waals surface area contributed by atoms with Gasteiger partial charge in [-0.25, -0.2) is 4.79 Å². The first-order valence-corrected chi connectivity index (χ1v) is 12.0. The van der Waals surface area contributed by atoms with Crippen molar-refractivity contribution in [3.05, 3.63) is 44.8 Å². The second-order valence-electron chi connectivity index (χ2n) is 10.8. The van der Waals surface area contributed by atoms with Crippen LogP contribution in [0.25, 0.3) is 0 Å². The van der Waals surface area contributed by atoms with E-state index in [1.165, 1.54) is 7.11 Å². The standard InChI is InChI=1S/C26H29BrO7/c1-25(2)8-15(28)22-18(10-25)34-19-11-26(3,4)9-16(29)23(19)21(22)13-6-14(27)24(17(7-13)32-5)33-12-20(30)31/h6-7,21H,8-12H2,1-5H3,(H,30,31). The van der Waals surface area contributed by atoms with E-state index in [1.807, 2.05) is 27.7 Å². The summed E-state index contributed by atoms with van der Waals surface area (Å²) < 4.78 is 17.7. The zero-order chi connectivity index (χ0) is 25.0. The highest BCUT2D eigenvalue weighted by molar-refractivity contribution is 9.10. The lowest BCUT2D eigenvalue weighted by atomic mass is 9.65. The van der Waals surface area contributed by atoms with E-state index >= 15 is 0 Å². The van der Waals surface area contributed by atoms with E-state index < -0.39 is 18.5 Å². The average Bonchev–Trinajstić information content (AvgIpc) is 2.68. The van der Waals surface area contributed by atoms with E-state index in [-0.39, 0.29) is 28.1 Å². The van der Waals surface area contributed by atoms with Gasteiger partial charge in [-0.3, -0.25) is 9.59 Å². The van der Waals surface area contributed by atoms with E-state index in [0.29, 0.717) is 64.1 Å². The fraction of sp³-hybridized carbons (Fsp3) is 0.500. The van der Waals surface area contributed by atoms with Crippen molar-refractivity contribution >= 4 is 33.5 Å². The molecule has 1 aromatic carbocycles. The van der Waals surface area contributed by atoms with Gasteiger partial charge in [0.05, 0.1) is 11.6 Å². The number of rotatable bonds is 5. The second kappa shape index (κ2) is 8.56. The third kappa shape index (κ3) is 4.52. The summed E-state index contributed by atoms with van der Waals surface area (Å²) in [6, 6.07) is 3.48. The molecule has 0 spiro atoms. The largest absolute Gasteiger partial charge is 0.493 e. The van der Waals surface area contributed by atoms with Crippen LogP contribution in [0.5, 0.6) is 11.5 Å². The van der Waals surface area contributed by atoms with Crippen LogP contribution in [-0.2, 0) is 19.1 Å². The highest BCUT2D eigenvalue weighted by Crippen LogP contribution is 2.54. The normalized spacial score (nSPS) is 21.6. The Bertz CT molecular complexity index is 1100. The molecular weight excluding hydrogens is 504 g/mol. The van der Waals surface area contributed by atoms with Crippen molar-refractivity contribution in [1.82, 2.24) is 0 Å². The number of hydrogen-bond acceptors (Lipinski definition) is 6. The summed E-state index contributed by atoms with van der Waals surface area (Å²) in [7, 11) is 1.46. The maximum Gasteiger partial charge on any atom is 0.341 e. The van der Waals surface area contributed by atoms with Gasteiger partial charge in [0, 0.05) is 42.7 Å². The number of carboxylic acid groups (broad SMARTS) is 1. The Labute approximate surface area is 207 Å². The van der Waals surface area contributed by atoms with Gasteiger partial charge in [0.2, 0.25) is 0 Å². The van der Waals surface area contributed by atoms with Crippen molar-refractivity contribution < 1.29 is 33.7 Å². The first-order valence-electron chi connectivity index (χ1n) is 11.2. The molecule has 0 saturated heterocycles. The zero-order valence-corrected chi connectivity index (χ0v) is 21.6. The summed E-state index contributed by atoms with van der Waals surface area (Å²) in [5.74, 6) is 0.0875. The number of aliphatic carboxylic acids is 1. The van der Waals surface area contributed by atoms with Crippen LogP contribution in [0.1, 0.15) is 64.9 Å². The highest BCUT2D eigenvalue weighted by Gasteiger charge is 2.48. The molecule has 34 heavy (non-hydrogen) atoms. The summed E-state index contributed by atoms with van der Waals surface area (Å²) in [6.07, 6.45) is 1.94. The highest BCUT2D eigenvalue weighted by atomic mass is 79.9. The Morgan fingerprint density at radius 1 is 1.03 bits per heavy atom. The number of hydrogen-bond donors (Lipinski definition) is 1. The minimum absolute atomic E-state index is 0.0262. The van der Waals surface area contributed by atoms with Gasteiger partial charge in [0.1, 0.15) is 11.5 Å². The lowest BCUT2D eigenvalue weighted by molar-refractivity contribution is -0.139. The van der Waals surface area contributed by atoms with Crippen LogP contribution in [0.3, 0.4) is 0 Å². The number of allylic oxidation sites excluding steroid dienone is 4. The van der Waals surface area contributed by atoms with Crippen molar-refractivity contribution in [2.45, 2.75) is 59.3 Å². The van der Waals surface area contributed by atoms with Crippen molar-refractivity contribution in [1.29, 1.82) is 0 Å². The lowest BCUT2D eigenvalue weighted by Gasteiger charge is -2.42. The zero-order valence-electron chi connectivity index (χ0n) is 20.0. The van der Waals surface area contributed by atoms with Gasteiger partial charge in [-0.15, -0.1) is 0 Å². The van der Waals surface area contributed by atoms with E-state index in [2.05, 4.69) is 15.9 Å². The van der Waals surface area contributed by atoms with Crippen molar-refractivity contribution in [2.75, 3.05) is 13.7 Å². The first-order chi connectivity index (χ1) is 15.8. The number of ketones is 2. The molecule has 0 saturated carbocycles. The Hall–Kier alpha value is -2.61. The molecule has 0 fully saturated rings. The maximum atomic E-state index is 13.4. The molecule has 0 amide bonds. The lowest BCUT2D eigenvalue weighted by Crippen LogP contribution is -2.37. The summed E-state index contributed by atoms with van der Waals surface area (Å²) in [5.41, 5.74) is 1.27. The summed E-state index contributed by atoms with van der Waals surface area (Å²) >= 11 is 3.47. The number of carbonyl (C=O) groups excluding carboxylic acids is 2. The monoisotopic (exact) mass is 532 g/mol. The molecule has 0 atom stereocenters. The Morgan fingerprint density at radius 3 is 2.03 bits per heavy atom. The van der Waals surface area contributed by atoms with Gasteiger partial charge < -0.3 is 19.3 Å². The van der Waals surface area contributed by atoms with Crippen LogP contribution in [0.4, 0.5) is 0 Å². The molecular formula is C26H29BrO7. The number of halogens is 1. The number of methoxy groups -OCH3 is 1. The minimum atomic E-state index is -1.11. The fourth-order valence-corrected chi connectivity index (χ4v) is 5.76. The smallest absolute Gasteiger partial charge is 0.341 e. The quantitative estimate of drug-likeness (QED) is 0.547. The molecule has 0 bridgehead atoms. The van der Waals surface area contributed by atoms with Crippen molar-refractivity contribution in [3.63, 3.8) is 0 Å². The van der Waals surface area contributed by atoms with E-state index in [9.17, 15) is 14.4 Å². The molecule has 1 N–H and O–H groups in total. The fourth-order valence-electron chi connectivity index (χ4n) is 5.19. The summed E-state index contributed by atoms with van der Waals surface area (Å²) in [6.45, 7) is 7.64. The summed E-state index contributed by atoms with van der Waals surface area (Å²) in [5, 5.41) is 9.01. The van der Waals surface area contributed by atoms with E-state index in [4.69, 9.17) is 19.3 Å². The topological polar surface area (TPSA) is 99.1 Å². The Balaban J connectivity index is 1.90. The molecule has 1 aliphatic heterocycles. The maximum absolute atomic E-state index is 13.4. The first kappa shape index (κ1) is 24.5. The number of carboxylic acids is 1. The SMILES string of the molecule is COc1cc(C2C3=C(CC(C)(C)CC3=O)OC3=C2C(=O)CC(C)(C)C3)cc(Br)c1OCC(=O)O. The van der Waals surface area contributed by atoms with Crippen LogP contribution >= 0.6 is 15.9 Å². The predicted molar refractivity (Wildman–Crippen MR) is 128 cm³/mol. The third-order valence-corrected chi connectivity index (χ3v) is 7.10. The molecule has 0 unspecified atom stereocenters.